The number of rotatable bonds is 6. The quantitative estimate of drug-likeness (QED) is 0.279. The van der Waals surface area contributed by atoms with Crippen LogP contribution >= 0.6 is 43.2 Å². The van der Waals surface area contributed by atoms with Crippen molar-refractivity contribution in [3.63, 3.8) is 0 Å². The third-order valence-electron chi connectivity index (χ3n) is 6.11. The number of benzene rings is 2. The number of ether oxygens (including phenoxy) is 2. The van der Waals surface area contributed by atoms with Crippen LogP contribution < -0.4 is 19.6 Å². The Hall–Kier alpha value is -3.41. The number of fused-ring (bicyclic) bond motifs is 1. The standard InChI is InChI=1S/C28H22Br2N2O6S/c1-4-37-27(35)23-14(2)31-28-32(24(23)20-10-9-19(38-20)16-5-7-17(29)8-6-16)26(34)22(39-28)13-15-11-18(30)25(33)21(12-15)36-3/h5-13,24,33H,4H2,1-3H3/b22-13-/t24-/m1/s1. The summed E-state index contributed by atoms with van der Waals surface area (Å²) >= 11 is 7.95. The molecule has 0 radical (unpaired) electrons. The normalized spacial score (nSPS) is 15.2. The molecule has 2 aromatic carbocycles. The van der Waals surface area contributed by atoms with Crippen molar-refractivity contribution >= 4 is 55.2 Å². The molecule has 0 fully saturated rings. The minimum absolute atomic E-state index is 0.0368. The molecule has 0 spiro atoms. The fraction of sp³-hybridized carbons (Fsp3) is 0.179. The summed E-state index contributed by atoms with van der Waals surface area (Å²) in [5.74, 6) is 0.667. The highest BCUT2D eigenvalue weighted by molar-refractivity contribution is 9.10. The summed E-state index contributed by atoms with van der Waals surface area (Å²) in [4.78, 5) is 32.0. The Morgan fingerprint density at radius 1 is 1.21 bits per heavy atom. The van der Waals surface area contributed by atoms with Crippen molar-refractivity contribution in [2.45, 2.75) is 19.9 Å². The van der Waals surface area contributed by atoms with Crippen LogP contribution in [0.25, 0.3) is 17.4 Å². The first-order chi connectivity index (χ1) is 18.7. The van der Waals surface area contributed by atoms with E-state index >= 15 is 0 Å². The number of hydrogen-bond acceptors (Lipinski definition) is 8. The number of esters is 1. The molecule has 4 aromatic rings. The van der Waals surface area contributed by atoms with E-state index in [0.717, 1.165) is 10.0 Å². The van der Waals surface area contributed by atoms with Crippen LogP contribution in [0.5, 0.6) is 11.5 Å². The lowest BCUT2D eigenvalue weighted by Crippen LogP contribution is -2.39. The van der Waals surface area contributed by atoms with Gasteiger partial charge in [0.25, 0.3) is 5.56 Å². The van der Waals surface area contributed by atoms with E-state index in [-0.39, 0.29) is 29.2 Å². The van der Waals surface area contributed by atoms with Gasteiger partial charge in [0.05, 0.1) is 34.0 Å². The zero-order valence-corrected chi connectivity index (χ0v) is 25.0. The van der Waals surface area contributed by atoms with Crippen LogP contribution in [-0.2, 0) is 9.53 Å². The van der Waals surface area contributed by atoms with Crippen molar-refractivity contribution in [2.75, 3.05) is 13.7 Å². The van der Waals surface area contributed by atoms with Crippen molar-refractivity contribution in [2.24, 2.45) is 4.99 Å². The molecule has 1 aliphatic heterocycles. The predicted molar refractivity (Wildman–Crippen MR) is 155 cm³/mol. The number of phenols is 1. The number of phenolic OH excluding ortho intramolecular Hbond substituents is 1. The molecule has 1 N–H and O–H groups in total. The Bertz CT molecular complexity index is 1800. The van der Waals surface area contributed by atoms with Crippen molar-refractivity contribution in [1.82, 2.24) is 4.57 Å². The first-order valence-corrected chi connectivity index (χ1v) is 14.2. The van der Waals surface area contributed by atoms with Crippen LogP contribution in [-0.4, -0.2) is 29.4 Å². The Labute approximate surface area is 243 Å². The Morgan fingerprint density at radius 3 is 2.64 bits per heavy atom. The van der Waals surface area contributed by atoms with E-state index in [1.54, 1.807) is 38.1 Å². The predicted octanol–water partition coefficient (Wildman–Crippen LogP) is 5.30. The summed E-state index contributed by atoms with van der Waals surface area (Å²) in [7, 11) is 1.45. The maximum Gasteiger partial charge on any atom is 0.338 e. The molecular weight excluding hydrogens is 652 g/mol. The monoisotopic (exact) mass is 672 g/mol. The summed E-state index contributed by atoms with van der Waals surface area (Å²) in [6.07, 6.45) is 1.69. The molecule has 3 heterocycles. The molecule has 11 heteroatoms. The Kier molecular flexibility index (Phi) is 7.66. The van der Waals surface area contributed by atoms with E-state index in [2.05, 4.69) is 36.9 Å². The van der Waals surface area contributed by atoms with Gasteiger partial charge in [0.15, 0.2) is 16.3 Å². The molecule has 5 rings (SSSR count). The fourth-order valence-corrected chi connectivity index (χ4v) is 6.08. The summed E-state index contributed by atoms with van der Waals surface area (Å²) in [6, 6.07) is 13.7. The third-order valence-corrected chi connectivity index (χ3v) is 8.23. The van der Waals surface area contributed by atoms with Crippen molar-refractivity contribution < 1.29 is 23.8 Å². The van der Waals surface area contributed by atoms with Gasteiger partial charge in [-0.1, -0.05) is 39.4 Å². The van der Waals surface area contributed by atoms with Crippen LogP contribution in [0, 0.1) is 0 Å². The summed E-state index contributed by atoms with van der Waals surface area (Å²) in [6.45, 7) is 3.62. The smallest absolute Gasteiger partial charge is 0.338 e. The van der Waals surface area contributed by atoms with Crippen molar-refractivity contribution in [1.29, 1.82) is 0 Å². The van der Waals surface area contributed by atoms with E-state index in [4.69, 9.17) is 13.9 Å². The van der Waals surface area contributed by atoms with Crippen molar-refractivity contribution in [3.05, 3.63) is 99.8 Å². The van der Waals surface area contributed by atoms with Gasteiger partial charge >= 0.3 is 5.97 Å². The number of furan rings is 1. The number of carbonyl (C=O) groups is 1. The highest BCUT2D eigenvalue weighted by atomic mass is 79.9. The molecule has 0 bridgehead atoms. The lowest BCUT2D eigenvalue weighted by Gasteiger charge is -2.22. The number of nitrogens with zero attached hydrogens (tertiary/aromatic N) is 2. The average molecular weight is 674 g/mol. The van der Waals surface area contributed by atoms with E-state index in [1.165, 1.54) is 23.0 Å². The zero-order chi connectivity index (χ0) is 27.8. The molecule has 1 aliphatic rings. The van der Waals surface area contributed by atoms with Gasteiger partial charge in [0.2, 0.25) is 0 Å². The molecule has 0 amide bonds. The first kappa shape index (κ1) is 27.2. The SMILES string of the molecule is CCOC(=O)C1=C(C)N=c2s/c(=C\c3cc(Br)c(O)c(OC)c3)c(=O)n2[C@@H]1c1ccc(-c2ccc(Br)cc2)o1. The summed E-state index contributed by atoms with van der Waals surface area (Å²) in [5, 5.41) is 10.2. The molecule has 0 saturated heterocycles. The number of thiazole rings is 1. The Morgan fingerprint density at radius 2 is 1.95 bits per heavy atom. The number of methoxy groups -OCH3 is 1. The Balaban J connectivity index is 1.69. The van der Waals surface area contributed by atoms with Gasteiger partial charge in [0.1, 0.15) is 17.6 Å². The van der Waals surface area contributed by atoms with Gasteiger partial charge in [-0.15, -0.1) is 0 Å². The van der Waals surface area contributed by atoms with Gasteiger partial charge in [0, 0.05) is 10.0 Å². The van der Waals surface area contributed by atoms with Gasteiger partial charge in [-0.25, -0.2) is 9.79 Å². The molecule has 39 heavy (non-hydrogen) atoms. The van der Waals surface area contributed by atoms with Crippen LogP contribution in [0.4, 0.5) is 0 Å². The number of aromatic hydroxyl groups is 1. The number of carbonyl (C=O) groups excluding carboxylic acids is 1. The molecule has 2 aromatic heterocycles. The van der Waals surface area contributed by atoms with Gasteiger partial charge in [-0.3, -0.25) is 9.36 Å². The molecule has 200 valence electrons. The minimum Gasteiger partial charge on any atom is -0.503 e. The number of halogens is 2. The minimum atomic E-state index is -0.868. The second-order valence-electron chi connectivity index (χ2n) is 8.56. The molecule has 0 aliphatic carbocycles. The highest BCUT2D eigenvalue weighted by Gasteiger charge is 2.35. The van der Waals surface area contributed by atoms with E-state index in [1.807, 2.05) is 30.3 Å². The van der Waals surface area contributed by atoms with Crippen LogP contribution in [0.15, 0.2) is 83.0 Å². The van der Waals surface area contributed by atoms with Crippen molar-refractivity contribution in [3.8, 4) is 22.8 Å². The third kappa shape index (κ3) is 5.13. The molecule has 0 unspecified atom stereocenters. The second-order valence-corrected chi connectivity index (χ2v) is 11.3. The number of allylic oxidation sites excluding steroid dienone is 1. The average Bonchev–Trinajstić information content (AvgIpc) is 3.51. The lowest BCUT2D eigenvalue weighted by molar-refractivity contribution is -0.139. The lowest BCUT2D eigenvalue weighted by atomic mass is 10.0. The van der Waals surface area contributed by atoms with Crippen LogP contribution in [0.3, 0.4) is 0 Å². The topological polar surface area (TPSA) is 103 Å². The second kappa shape index (κ2) is 11.0. The molecule has 8 nitrogen and oxygen atoms in total. The zero-order valence-electron chi connectivity index (χ0n) is 21.0. The maximum absolute atomic E-state index is 13.8. The fourth-order valence-electron chi connectivity index (χ4n) is 4.31. The summed E-state index contributed by atoms with van der Waals surface area (Å²) < 4.78 is 20.0. The maximum atomic E-state index is 13.8. The van der Waals surface area contributed by atoms with Crippen LogP contribution in [0.1, 0.15) is 31.2 Å². The molecule has 0 saturated carbocycles. The highest BCUT2D eigenvalue weighted by Crippen LogP contribution is 2.36. The van der Waals surface area contributed by atoms with E-state index in [0.29, 0.717) is 36.6 Å². The first-order valence-electron chi connectivity index (χ1n) is 11.8. The number of hydrogen-bond donors (Lipinski definition) is 1. The summed E-state index contributed by atoms with van der Waals surface area (Å²) in [5.41, 5.74) is 1.82. The molecular formula is C28H22Br2N2O6S. The van der Waals surface area contributed by atoms with E-state index < -0.39 is 12.0 Å². The molecule has 1 atom stereocenters. The van der Waals surface area contributed by atoms with Gasteiger partial charge in [-0.2, -0.15) is 0 Å². The van der Waals surface area contributed by atoms with Gasteiger partial charge in [-0.05, 0) is 77.8 Å². The van der Waals surface area contributed by atoms with Crippen LogP contribution in [0.2, 0.25) is 0 Å². The van der Waals surface area contributed by atoms with Gasteiger partial charge < -0.3 is 19.0 Å². The van der Waals surface area contributed by atoms with E-state index in [9.17, 15) is 14.7 Å². The number of aromatic nitrogens is 1. The largest absolute Gasteiger partial charge is 0.503 e.